The fourth-order valence-electron chi connectivity index (χ4n) is 4.77. The molecule has 26 heavy (non-hydrogen) atoms. The number of hydrogen-bond acceptors (Lipinski definition) is 3. The maximum atomic E-state index is 12.6. The van der Waals surface area contributed by atoms with Crippen LogP contribution in [0.1, 0.15) is 30.4 Å². The average molecular weight is 357 g/mol. The number of hydrogen-bond donors (Lipinski definition) is 1. The van der Waals surface area contributed by atoms with E-state index < -0.39 is 0 Å². The minimum atomic E-state index is 0.0556. The second-order valence-electron chi connectivity index (χ2n) is 8.33. The molecule has 3 aliphatic rings. The van der Waals surface area contributed by atoms with Gasteiger partial charge in [0.1, 0.15) is 0 Å². The topological polar surface area (TPSA) is 38.8 Å². The van der Waals surface area contributed by atoms with Crippen molar-refractivity contribution in [2.45, 2.75) is 32.1 Å². The normalized spacial score (nSPS) is 24.5. The van der Waals surface area contributed by atoms with Crippen molar-refractivity contribution >= 4 is 11.7 Å². The number of benzene rings is 1. The minimum Gasteiger partial charge on any atom is -0.322 e. The van der Waals surface area contributed by atoms with Gasteiger partial charge in [-0.3, -0.25) is 4.90 Å². The lowest BCUT2D eigenvalue weighted by Crippen LogP contribution is -2.51. The number of rotatable bonds is 3. The van der Waals surface area contributed by atoms with E-state index in [1.807, 2.05) is 4.90 Å². The highest BCUT2D eigenvalue weighted by Crippen LogP contribution is 2.25. The van der Waals surface area contributed by atoms with E-state index in [0.29, 0.717) is 0 Å². The number of carbonyl (C=O) groups excluding carboxylic acids is 1. The maximum Gasteiger partial charge on any atom is 0.321 e. The largest absolute Gasteiger partial charge is 0.322 e. The van der Waals surface area contributed by atoms with Gasteiger partial charge in [-0.2, -0.15) is 0 Å². The molecule has 1 aliphatic carbocycles. The Morgan fingerprint density at radius 3 is 2.69 bits per heavy atom. The summed E-state index contributed by atoms with van der Waals surface area (Å²) in [5.41, 5.74) is 3.80. The van der Waals surface area contributed by atoms with Crippen molar-refractivity contribution in [1.29, 1.82) is 0 Å². The molecule has 2 aliphatic heterocycles. The van der Waals surface area contributed by atoms with Gasteiger partial charge in [0.2, 0.25) is 0 Å². The molecule has 0 bridgehead atoms. The highest BCUT2D eigenvalue weighted by Gasteiger charge is 2.25. The molecular formula is C21H32N4O. The first kappa shape index (κ1) is 17.8. The number of nitrogens with one attached hydrogen (secondary N) is 1. The Morgan fingerprint density at radius 1 is 1.08 bits per heavy atom. The van der Waals surface area contributed by atoms with Gasteiger partial charge in [-0.15, -0.1) is 0 Å². The number of amides is 2. The Morgan fingerprint density at radius 2 is 1.88 bits per heavy atom. The molecule has 0 spiro atoms. The number of urea groups is 1. The Labute approximate surface area is 157 Å². The third kappa shape index (κ3) is 4.21. The van der Waals surface area contributed by atoms with E-state index in [9.17, 15) is 4.79 Å². The number of likely N-dealkylation sites (tertiary alicyclic amines) is 1. The monoisotopic (exact) mass is 356 g/mol. The number of carbonyl (C=O) groups is 1. The lowest BCUT2D eigenvalue weighted by molar-refractivity contribution is 0.109. The van der Waals surface area contributed by atoms with Crippen molar-refractivity contribution in [2.24, 2.45) is 5.92 Å². The Balaban J connectivity index is 1.24. The molecule has 142 valence electrons. The summed E-state index contributed by atoms with van der Waals surface area (Å²) in [6, 6.07) is 6.45. The third-order valence-corrected chi connectivity index (χ3v) is 6.25. The lowest BCUT2D eigenvalue weighted by atomic mass is 9.97. The van der Waals surface area contributed by atoms with Gasteiger partial charge < -0.3 is 15.1 Å². The van der Waals surface area contributed by atoms with Crippen LogP contribution in [0.3, 0.4) is 0 Å². The molecule has 1 unspecified atom stereocenters. The number of nitrogens with zero attached hydrogens (tertiary/aromatic N) is 3. The summed E-state index contributed by atoms with van der Waals surface area (Å²) in [6.45, 7) is 7.31. The molecule has 0 radical (unpaired) electrons. The Kier molecular flexibility index (Phi) is 5.46. The summed E-state index contributed by atoms with van der Waals surface area (Å²) in [7, 11) is 2.23. The molecule has 0 aromatic heterocycles. The highest BCUT2D eigenvalue weighted by molar-refractivity contribution is 5.89. The Hall–Kier alpha value is -1.59. The first-order valence-corrected chi connectivity index (χ1v) is 10.3. The van der Waals surface area contributed by atoms with Crippen molar-refractivity contribution in [1.82, 2.24) is 14.7 Å². The number of piperazine rings is 1. The molecule has 2 heterocycles. The van der Waals surface area contributed by atoms with E-state index in [4.69, 9.17) is 0 Å². The summed E-state index contributed by atoms with van der Waals surface area (Å²) in [4.78, 5) is 19.6. The van der Waals surface area contributed by atoms with Crippen LogP contribution in [0.15, 0.2) is 18.2 Å². The van der Waals surface area contributed by atoms with Crippen LogP contribution in [0.2, 0.25) is 0 Å². The molecule has 1 atom stereocenters. The van der Waals surface area contributed by atoms with E-state index in [0.717, 1.165) is 44.2 Å². The second-order valence-corrected chi connectivity index (χ2v) is 8.33. The number of anilines is 1. The SMILES string of the molecule is CN1CCCC(CN2CCN(C(=O)Nc3ccc4c(c3)CCC4)CC2)C1. The van der Waals surface area contributed by atoms with Crippen LogP contribution in [0.4, 0.5) is 10.5 Å². The van der Waals surface area contributed by atoms with Gasteiger partial charge >= 0.3 is 6.03 Å². The molecule has 1 aromatic carbocycles. The smallest absolute Gasteiger partial charge is 0.321 e. The van der Waals surface area contributed by atoms with Crippen LogP contribution in [0.5, 0.6) is 0 Å². The highest BCUT2D eigenvalue weighted by atomic mass is 16.2. The van der Waals surface area contributed by atoms with Gasteiger partial charge in [0.15, 0.2) is 0 Å². The average Bonchev–Trinajstić information content (AvgIpc) is 3.10. The maximum absolute atomic E-state index is 12.6. The molecule has 2 fully saturated rings. The zero-order valence-corrected chi connectivity index (χ0v) is 16.0. The predicted octanol–water partition coefficient (Wildman–Crippen LogP) is 2.67. The van der Waals surface area contributed by atoms with Gasteiger partial charge in [-0.05, 0) is 74.9 Å². The summed E-state index contributed by atoms with van der Waals surface area (Å²) < 4.78 is 0. The van der Waals surface area contributed by atoms with Crippen molar-refractivity contribution in [3.8, 4) is 0 Å². The second kappa shape index (κ2) is 7.97. The van der Waals surface area contributed by atoms with E-state index >= 15 is 0 Å². The fourth-order valence-corrected chi connectivity index (χ4v) is 4.77. The van der Waals surface area contributed by atoms with Gasteiger partial charge in [-0.25, -0.2) is 4.79 Å². The van der Waals surface area contributed by atoms with E-state index in [1.54, 1.807) is 0 Å². The predicted molar refractivity (Wildman–Crippen MR) is 106 cm³/mol. The van der Waals surface area contributed by atoms with Crippen molar-refractivity contribution in [2.75, 3.05) is 58.2 Å². The molecule has 1 aromatic rings. The number of aryl methyl sites for hydroxylation is 2. The molecular weight excluding hydrogens is 324 g/mol. The van der Waals surface area contributed by atoms with Crippen LogP contribution in [-0.4, -0.2) is 73.6 Å². The number of piperidine rings is 1. The summed E-state index contributed by atoms with van der Waals surface area (Å²) in [5.74, 6) is 0.792. The summed E-state index contributed by atoms with van der Waals surface area (Å²) in [5, 5.41) is 3.11. The van der Waals surface area contributed by atoms with Crippen molar-refractivity contribution < 1.29 is 4.79 Å². The first-order valence-electron chi connectivity index (χ1n) is 10.3. The van der Waals surface area contributed by atoms with Crippen LogP contribution in [0, 0.1) is 5.92 Å². The van der Waals surface area contributed by atoms with E-state index in [-0.39, 0.29) is 6.03 Å². The Bertz CT molecular complexity index is 639. The first-order chi connectivity index (χ1) is 12.7. The zero-order valence-electron chi connectivity index (χ0n) is 16.0. The van der Waals surface area contributed by atoms with Gasteiger partial charge in [0, 0.05) is 45.0 Å². The van der Waals surface area contributed by atoms with Gasteiger partial charge in [-0.1, -0.05) is 6.07 Å². The molecule has 5 nitrogen and oxygen atoms in total. The molecule has 1 N–H and O–H groups in total. The van der Waals surface area contributed by atoms with E-state index in [1.165, 1.54) is 56.4 Å². The molecule has 0 saturated carbocycles. The van der Waals surface area contributed by atoms with Crippen LogP contribution < -0.4 is 5.32 Å². The van der Waals surface area contributed by atoms with Crippen LogP contribution >= 0.6 is 0 Å². The lowest BCUT2D eigenvalue weighted by Gasteiger charge is -2.38. The third-order valence-electron chi connectivity index (χ3n) is 6.25. The quantitative estimate of drug-likeness (QED) is 0.905. The molecule has 2 saturated heterocycles. The molecule has 2 amide bonds. The summed E-state index contributed by atoms with van der Waals surface area (Å²) in [6.07, 6.45) is 6.25. The van der Waals surface area contributed by atoms with Gasteiger partial charge in [0.25, 0.3) is 0 Å². The standard InChI is InChI=1S/C21H32N4O/c1-23-9-3-4-17(15-23)16-24-10-12-25(13-11-24)21(26)22-20-8-7-18-5-2-6-19(18)14-20/h7-8,14,17H,2-6,9-13,15-16H2,1H3,(H,22,26). The van der Waals surface area contributed by atoms with E-state index in [2.05, 4.69) is 40.4 Å². The molecule has 5 heteroatoms. The van der Waals surface area contributed by atoms with Crippen LogP contribution in [0.25, 0.3) is 0 Å². The van der Waals surface area contributed by atoms with Crippen molar-refractivity contribution in [3.63, 3.8) is 0 Å². The number of fused-ring (bicyclic) bond motifs is 1. The molecule has 4 rings (SSSR count). The van der Waals surface area contributed by atoms with Crippen molar-refractivity contribution in [3.05, 3.63) is 29.3 Å². The summed E-state index contributed by atoms with van der Waals surface area (Å²) >= 11 is 0. The zero-order chi connectivity index (χ0) is 17.9. The van der Waals surface area contributed by atoms with Gasteiger partial charge in [0.05, 0.1) is 0 Å². The fraction of sp³-hybridized carbons (Fsp3) is 0.667. The minimum absolute atomic E-state index is 0.0556. The van der Waals surface area contributed by atoms with Crippen LogP contribution in [-0.2, 0) is 12.8 Å².